The van der Waals surface area contributed by atoms with Gasteiger partial charge in [0.25, 0.3) is 0 Å². The molecule has 2 heterocycles. The molecule has 1 N–H and O–H groups in total. The van der Waals surface area contributed by atoms with Gasteiger partial charge in [0.2, 0.25) is 0 Å². The number of hydrogen-bond acceptors (Lipinski definition) is 3. The van der Waals surface area contributed by atoms with Gasteiger partial charge in [-0.2, -0.15) is 0 Å². The zero-order valence-electron chi connectivity index (χ0n) is 12.1. The second kappa shape index (κ2) is 6.92. The van der Waals surface area contributed by atoms with Crippen LogP contribution in [0.15, 0.2) is 0 Å². The lowest BCUT2D eigenvalue weighted by Gasteiger charge is -2.35. The summed E-state index contributed by atoms with van der Waals surface area (Å²) < 4.78 is 5.32. The number of hydrogen-bond donors (Lipinski definition) is 1. The first-order valence-electron chi connectivity index (χ1n) is 7.38. The molecule has 0 radical (unpaired) electrons. The molecule has 6 nitrogen and oxygen atoms in total. The molecule has 2 rings (SSSR count). The SMILES string of the molecule is CN(CC1CCOCC1)C(=O)N1CCCC(C(=O)O)C1. The molecule has 20 heavy (non-hydrogen) atoms. The van der Waals surface area contributed by atoms with Gasteiger partial charge in [-0.1, -0.05) is 0 Å². The van der Waals surface area contributed by atoms with E-state index in [2.05, 4.69) is 0 Å². The minimum absolute atomic E-state index is 0.0394. The highest BCUT2D eigenvalue weighted by Gasteiger charge is 2.30. The molecule has 0 aromatic heterocycles. The van der Waals surface area contributed by atoms with Crippen LogP contribution >= 0.6 is 0 Å². The smallest absolute Gasteiger partial charge is 0.319 e. The fraction of sp³-hybridized carbons (Fsp3) is 0.857. The number of rotatable bonds is 3. The Bertz CT molecular complexity index is 355. The Morgan fingerprint density at radius 3 is 2.65 bits per heavy atom. The summed E-state index contributed by atoms with van der Waals surface area (Å²) in [6.45, 7) is 3.29. The van der Waals surface area contributed by atoms with Crippen LogP contribution in [-0.4, -0.2) is 66.8 Å². The fourth-order valence-electron chi connectivity index (χ4n) is 2.99. The van der Waals surface area contributed by atoms with Gasteiger partial charge in [-0.15, -0.1) is 0 Å². The number of amides is 2. The van der Waals surface area contributed by atoms with Crippen molar-refractivity contribution in [1.82, 2.24) is 9.80 Å². The van der Waals surface area contributed by atoms with Crippen molar-refractivity contribution in [3.63, 3.8) is 0 Å². The van der Waals surface area contributed by atoms with Gasteiger partial charge >= 0.3 is 12.0 Å². The van der Waals surface area contributed by atoms with Crippen LogP contribution in [0.2, 0.25) is 0 Å². The first kappa shape index (κ1) is 15.1. The quantitative estimate of drug-likeness (QED) is 0.847. The number of carboxylic acid groups (broad SMARTS) is 1. The van der Waals surface area contributed by atoms with E-state index in [1.165, 1.54) is 0 Å². The van der Waals surface area contributed by atoms with E-state index in [9.17, 15) is 9.59 Å². The fourth-order valence-corrected chi connectivity index (χ4v) is 2.99. The normalized spacial score (nSPS) is 24.4. The molecule has 114 valence electrons. The summed E-state index contributed by atoms with van der Waals surface area (Å²) in [6, 6.07) is -0.0394. The molecular formula is C14H24N2O4. The molecule has 0 aromatic carbocycles. The van der Waals surface area contributed by atoms with E-state index in [1.54, 1.807) is 9.80 Å². The molecule has 2 saturated heterocycles. The lowest BCUT2D eigenvalue weighted by atomic mass is 9.98. The van der Waals surface area contributed by atoms with E-state index in [1.807, 2.05) is 7.05 Å². The summed E-state index contributed by atoms with van der Waals surface area (Å²) in [5.41, 5.74) is 0. The molecular weight excluding hydrogens is 260 g/mol. The van der Waals surface area contributed by atoms with Gasteiger partial charge in [-0.3, -0.25) is 4.79 Å². The Morgan fingerprint density at radius 2 is 2.00 bits per heavy atom. The number of carbonyl (C=O) groups is 2. The van der Waals surface area contributed by atoms with Crippen LogP contribution in [0, 0.1) is 11.8 Å². The third-order valence-corrected chi connectivity index (χ3v) is 4.24. The zero-order valence-corrected chi connectivity index (χ0v) is 12.1. The molecule has 0 aromatic rings. The van der Waals surface area contributed by atoms with Crippen LogP contribution in [0.5, 0.6) is 0 Å². The van der Waals surface area contributed by atoms with Crippen molar-refractivity contribution >= 4 is 12.0 Å². The highest BCUT2D eigenvalue weighted by atomic mass is 16.5. The molecule has 2 aliphatic heterocycles. The monoisotopic (exact) mass is 284 g/mol. The van der Waals surface area contributed by atoms with Gasteiger partial charge in [0, 0.05) is 39.9 Å². The number of aliphatic carboxylic acids is 1. The highest BCUT2D eigenvalue weighted by molar-refractivity contribution is 5.76. The van der Waals surface area contributed by atoms with Crippen molar-refractivity contribution in [2.75, 3.05) is 39.9 Å². The van der Waals surface area contributed by atoms with E-state index in [-0.39, 0.29) is 6.03 Å². The van der Waals surface area contributed by atoms with E-state index >= 15 is 0 Å². The largest absolute Gasteiger partial charge is 0.481 e. The number of nitrogens with zero attached hydrogens (tertiary/aromatic N) is 2. The molecule has 2 aliphatic rings. The van der Waals surface area contributed by atoms with Gasteiger partial charge in [0.05, 0.1) is 5.92 Å². The first-order valence-corrected chi connectivity index (χ1v) is 7.38. The summed E-state index contributed by atoms with van der Waals surface area (Å²) in [5, 5.41) is 9.07. The maximum atomic E-state index is 12.4. The van der Waals surface area contributed by atoms with Gasteiger partial charge < -0.3 is 19.6 Å². The standard InChI is InChI=1S/C14H24N2O4/c1-15(9-11-4-7-20-8-5-11)14(19)16-6-2-3-12(10-16)13(17)18/h11-12H,2-10H2,1H3,(H,17,18). The molecule has 1 atom stereocenters. The highest BCUT2D eigenvalue weighted by Crippen LogP contribution is 2.20. The Labute approximate surface area is 119 Å². The predicted octanol–water partition coefficient (Wildman–Crippen LogP) is 1.26. The Morgan fingerprint density at radius 1 is 1.30 bits per heavy atom. The summed E-state index contributed by atoms with van der Waals surface area (Å²) in [6.07, 6.45) is 3.43. The molecule has 6 heteroatoms. The topological polar surface area (TPSA) is 70.1 Å². The Kier molecular flexibility index (Phi) is 5.23. The number of carbonyl (C=O) groups excluding carboxylic acids is 1. The molecule has 0 spiro atoms. The van der Waals surface area contributed by atoms with Crippen molar-refractivity contribution in [3.8, 4) is 0 Å². The van der Waals surface area contributed by atoms with E-state index in [0.717, 1.165) is 39.0 Å². The number of urea groups is 1. The van der Waals surface area contributed by atoms with Crippen LogP contribution in [0.1, 0.15) is 25.7 Å². The second-order valence-electron chi connectivity index (χ2n) is 5.84. The van der Waals surface area contributed by atoms with Crippen molar-refractivity contribution in [2.24, 2.45) is 11.8 Å². The minimum Gasteiger partial charge on any atom is -0.481 e. The predicted molar refractivity (Wildman–Crippen MR) is 73.5 cm³/mol. The van der Waals surface area contributed by atoms with E-state index in [0.29, 0.717) is 25.4 Å². The summed E-state index contributed by atoms with van der Waals surface area (Å²) >= 11 is 0. The van der Waals surface area contributed by atoms with Crippen molar-refractivity contribution < 1.29 is 19.4 Å². The molecule has 0 bridgehead atoms. The maximum Gasteiger partial charge on any atom is 0.319 e. The minimum atomic E-state index is -0.797. The van der Waals surface area contributed by atoms with Gasteiger partial charge in [0.15, 0.2) is 0 Å². The molecule has 1 unspecified atom stereocenters. The average molecular weight is 284 g/mol. The van der Waals surface area contributed by atoms with Crippen LogP contribution in [0.3, 0.4) is 0 Å². The van der Waals surface area contributed by atoms with Crippen molar-refractivity contribution in [1.29, 1.82) is 0 Å². The number of carboxylic acids is 1. The van der Waals surface area contributed by atoms with Crippen LogP contribution in [0.25, 0.3) is 0 Å². The maximum absolute atomic E-state index is 12.4. The van der Waals surface area contributed by atoms with E-state index < -0.39 is 11.9 Å². The van der Waals surface area contributed by atoms with Gasteiger partial charge in [0.1, 0.15) is 0 Å². The summed E-state index contributed by atoms with van der Waals surface area (Å²) in [4.78, 5) is 26.8. The first-order chi connectivity index (χ1) is 9.58. The molecule has 2 amide bonds. The third-order valence-electron chi connectivity index (χ3n) is 4.24. The molecule has 0 saturated carbocycles. The Hall–Kier alpha value is -1.30. The van der Waals surface area contributed by atoms with Crippen molar-refractivity contribution in [3.05, 3.63) is 0 Å². The van der Waals surface area contributed by atoms with Gasteiger partial charge in [-0.05, 0) is 31.6 Å². The molecule has 2 fully saturated rings. The number of piperidine rings is 1. The van der Waals surface area contributed by atoms with E-state index in [4.69, 9.17) is 9.84 Å². The zero-order chi connectivity index (χ0) is 14.5. The van der Waals surface area contributed by atoms with Gasteiger partial charge in [-0.25, -0.2) is 4.79 Å². The lowest BCUT2D eigenvalue weighted by molar-refractivity contribution is -0.143. The third kappa shape index (κ3) is 3.85. The van der Waals surface area contributed by atoms with Crippen LogP contribution < -0.4 is 0 Å². The van der Waals surface area contributed by atoms with Crippen LogP contribution in [-0.2, 0) is 9.53 Å². The molecule has 0 aliphatic carbocycles. The average Bonchev–Trinajstić information content (AvgIpc) is 2.47. The number of likely N-dealkylation sites (tertiary alicyclic amines) is 1. The Balaban J connectivity index is 1.84. The van der Waals surface area contributed by atoms with Crippen molar-refractivity contribution in [2.45, 2.75) is 25.7 Å². The lowest BCUT2D eigenvalue weighted by Crippen LogP contribution is -2.48. The second-order valence-corrected chi connectivity index (χ2v) is 5.84. The number of ether oxygens (including phenoxy) is 1. The van der Waals surface area contributed by atoms with Crippen LogP contribution in [0.4, 0.5) is 4.79 Å². The summed E-state index contributed by atoms with van der Waals surface area (Å²) in [7, 11) is 1.81. The summed E-state index contributed by atoms with van der Waals surface area (Å²) in [5.74, 6) is -0.712.